The number of fused-ring (bicyclic) bond motifs is 1. The number of benzene rings is 2. The number of imidazole rings is 1. The molecule has 0 spiro atoms. The number of anilines is 1. The minimum atomic E-state index is -0.551. The molecule has 1 N–H and O–H groups in total. The Morgan fingerprint density at radius 3 is 2.73 bits per heavy atom. The van der Waals surface area contributed by atoms with Crippen molar-refractivity contribution >= 4 is 28.4 Å². The summed E-state index contributed by atoms with van der Waals surface area (Å²) in [4.78, 5) is 33.4. The third-order valence-electron chi connectivity index (χ3n) is 3.96. The molecule has 5 heteroatoms. The van der Waals surface area contributed by atoms with Crippen molar-refractivity contribution in [3.63, 3.8) is 0 Å². The largest absolute Gasteiger partial charge is 0.345 e. The number of hydrogen-bond acceptors (Lipinski definition) is 3. The summed E-state index contributed by atoms with van der Waals surface area (Å²) in [5.41, 5.74) is 3.21. The number of carbonyl (C=O) groups is 2. The Labute approximate surface area is 126 Å². The van der Waals surface area contributed by atoms with Crippen molar-refractivity contribution in [1.29, 1.82) is 0 Å². The smallest absolute Gasteiger partial charge is 0.235 e. The van der Waals surface area contributed by atoms with Crippen molar-refractivity contribution in [2.24, 2.45) is 0 Å². The second kappa shape index (κ2) is 4.80. The first-order valence-electron chi connectivity index (χ1n) is 7.07. The Morgan fingerprint density at radius 2 is 1.91 bits per heavy atom. The van der Waals surface area contributed by atoms with E-state index in [0.717, 1.165) is 16.6 Å². The van der Waals surface area contributed by atoms with Crippen molar-refractivity contribution in [1.82, 2.24) is 9.97 Å². The summed E-state index contributed by atoms with van der Waals surface area (Å²) >= 11 is 0. The molecule has 108 valence electrons. The van der Waals surface area contributed by atoms with Crippen LogP contribution >= 0.6 is 0 Å². The van der Waals surface area contributed by atoms with Crippen molar-refractivity contribution < 1.29 is 9.59 Å². The number of aromatic amines is 1. The highest BCUT2D eigenvalue weighted by Crippen LogP contribution is 2.35. The molecule has 1 amide bonds. The van der Waals surface area contributed by atoms with Gasteiger partial charge in [-0.1, -0.05) is 30.3 Å². The van der Waals surface area contributed by atoms with Crippen LogP contribution in [0, 0.1) is 0 Å². The molecule has 1 fully saturated rings. The first kappa shape index (κ1) is 12.8. The molecule has 1 aliphatic rings. The van der Waals surface area contributed by atoms with E-state index in [2.05, 4.69) is 9.97 Å². The minimum Gasteiger partial charge on any atom is -0.345 e. The number of ketones is 1. The van der Waals surface area contributed by atoms with Crippen LogP contribution in [-0.2, 0) is 9.59 Å². The quantitative estimate of drug-likeness (QED) is 0.738. The molecular formula is C17H13N3O2. The number of Topliss-reactive ketones (excluding diaryl/α,β-unsaturated/α-hetero) is 1. The van der Waals surface area contributed by atoms with E-state index in [-0.39, 0.29) is 18.1 Å². The maximum Gasteiger partial charge on any atom is 0.235 e. The lowest BCUT2D eigenvalue weighted by atomic mass is 10.0. The van der Waals surface area contributed by atoms with E-state index in [9.17, 15) is 9.59 Å². The normalized spacial score (nSPS) is 18.4. The Kier molecular flexibility index (Phi) is 2.79. The summed E-state index contributed by atoms with van der Waals surface area (Å²) in [5, 5.41) is 0. The number of rotatable bonds is 2. The molecule has 0 saturated carbocycles. The zero-order chi connectivity index (χ0) is 15.1. The second-order valence-corrected chi connectivity index (χ2v) is 5.32. The van der Waals surface area contributed by atoms with E-state index in [1.54, 1.807) is 11.2 Å². The summed E-state index contributed by atoms with van der Waals surface area (Å²) in [6, 6.07) is 14.4. The Bertz CT molecular complexity index is 870. The molecule has 22 heavy (non-hydrogen) atoms. The lowest BCUT2D eigenvalue weighted by Crippen LogP contribution is -2.28. The van der Waals surface area contributed by atoms with Gasteiger partial charge in [-0.15, -0.1) is 0 Å². The Balaban J connectivity index is 1.83. The number of H-pyrrole nitrogens is 1. The van der Waals surface area contributed by atoms with Gasteiger partial charge >= 0.3 is 0 Å². The molecule has 0 radical (unpaired) electrons. The number of nitrogens with one attached hydrogen (secondary N) is 1. The number of aromatic nitrogens is 2. The van der Waals surface area contributed by atoms with Gasteiger partial charge in [-0.05, 0) is 23.8 Å². The first-order chi connectivity index (χ1) is 10.7. The monoisotopic (exact) mass is 291 g/mol. The molecule has 1 atom stereocenters. The predicted molar refractivity (Wildman–Crippen MR) is 82.4 cm³/mol. The average Bonchev–Trinajstić information content (AvgIpc) is 3.11. The van der Waals surface area contributed by atoms with E-state index in [1.165, 1.54) is 0 Å². The molecule has 0 aliphatic carbocycles. The van der Waals surface area contributed by atoms with Crippen molar-refractivity contribution in [3.8, 4) is 0 Å². The molecular weight excluding hydrogens is 278 g/mol. The van der Waals surface area contributed by atoms with Gasteiger partial charge in [0.05, 0.1) is 23.8 Å². The molecule has 1 saturated heterocycles. The van der Waals surface area contributed by atoms with Crippen LogP contribution in [0.25, 0.3) is 11.0 Å². The van der Waals surface area contributed by atoms with E-state index >= 15 is 0 Å². The highest BCUT2D eigenvalue weighted by atomic mass is 16.2. The van der Waals surface area contributed by atoms with E-state index < -0.39 is 6.04 Å². The number of amides is 1. The molecule has 0 bridgehead atoms. The van der Waals surface area contributed by atoms with Crippen molar-refractivity contribution in [3.05, 3.63) is 60.4 Å². The van der Waals surface area contributed by atoms with Crippen molar-refractivity contribution in [2.45, 2.75) is 12.5 Å². The SMILES string of the molecule is O=C1CC(=O)N(c2ccc3[nH]cnc3c2)C1c1ccccc1. The second-order valence-electron chi connectivity index (χ2n) is 5.32. The fraction of sp³-hybridized carbons (Fsp3) is 0.118. The van der Waals surface area contributed by atoms with Gasteiger partial charge in [-0.3, -0.25) is 14.5 Å². The maximum absolute atomic E-state index is 12.3. The van der Waals surface area contributed by atoms with Crippen LogP contribution in [0.5, 0.6) is 0 Å². The highest BCUT2D eigenvalue weighted by molar-refractivity contribution is 6.17. The van der Waals surface area contributed by atoms with Gasteiger partial charge in [0.2, 0.25) is 5.91 Å². The summed E-state index contributed by atoms with van der Waals surface area (Å²) in [5.74, 6) is -0.243. The molecule has 3 aromatic rings. The van der Waals surface area contributed by atoms with Crippen LogP contribution < -0.4 is 4.90 Å². The van der Waals surface area contributed by atoms with Gasteiger partial charge < -0.3 is 4.98 Å². The van der Waals surface area contributed by atoms with Crippen LogP contribution in [0.15, 0.2) is 54.9 Å². The topological polar surface area (TPSA) is 66.1 Å². The zero-order valence-electron chi connectivity index (χ0n) is 11.7. The third kappa shape index (κ3) is 1.90. The van der Waals surface area contributed by atoms with Crippen molar-refractivity contribution in [2.75, 3.05) is 4.90 Å². The van der Waals surface area contributed by atoms with E-state index in [1.807, 2.05) is 48.5 Å². The number of carbonyl (C=O) groups excluding carboxylic acids is 2. The standard InChI is InChI=1S/C17H13N3O2/c21-15-9-16(22)20(17(15)11-4-2-1-3-5-11)12-6-7-13-14(8-12)19-10-18-13/h1-8,10,17H,9H2,(H,18,19). The lowest BCUT2D eigenvalue weighted by molar-refractivity contribution is -0.121. The van der Waals surface area contributed by atoms with Crippen LogP contribution in [-0.4, -0.2) is 21.7 Å². The fourth-order valence-corrected chi connectivity index (χ4v) is 2.95. The van der Waals surface area contributed by atoms with E-state index in [4.69, 9.17) is 0 Å². The Morgan fingerprint density at radius 1 is 1.09 bits per heavy atom. The molecule has 2 aromatic carbocycles. The summed E-state index contributed by atoms with van der Waals surface area (Å²) < 4.78 is 0. The molecule has 1 aliphatic heterocycles. The van der Waals surface area contributed by atoms with E-state index in [0.29, 0.717) is 5.69 Å². The van der Waals surface area contributed by atoms with Gasteiger partial charge in [0, 0.05) is 5.69 Å². The maximum atomic E-state index is 12.3. The Hall–Kier alpha value is -2.95. The summed E-state index contributed by atoms with van der Waals surface area (Å²) in [6.45, 7) is 0. The zero-order valence-corrected chi connectivity index (χ0v) is 11.7. The van der Waals surface area contributed by atoms with Crippen LogP contribution in [0.3, 0.4) is 0 Å². The molecule has 1 unspecified atom stereocenters. The third-order valence-corrected chi connectivity index (χ3v) is 3.96. The van der Waals surface area contributed by atoms with Gasteiger partial charge in [0.25, 0.3) is 0 Å². The highest BCUT2D eigenvalue weighted by Gasteiger charge is 2.40. The average molecular weight is 291 g/mol. The van der Waals surface area contributed by atoms with Gasteiger partial charge in [0.1, 0.15) is 6.04 Å². The number of hydrogen-bond donors (Lipinski definition) is 1. The molecule has 5 nitrogen and oxygen atoms in total. The van der Waals surface area contributed by atoms with Crippen LogP contribution in [0.2, 0.25) is 0 Å². The summed E-state index contributed by atoms with van der Waals surface area (Å²) in [6.07, 6.45) is 1.55. The lowest BCUT2D eigenvalue weighted by Gasteiger charge is -2.24. The molecule has 4 rings (SSSR count). The van der Waals surface area contributed by atoms with Gasteiger partial charge in [0.15, 0.2) is 5.78 Å². The van der Waals surface area contributed by atoms with Gasteiger partial charge in [-0.25, -0.2) is 4.98 Å². The number of nitrogens with zero attached hydrogens (tertiary/aromatic N) is 2. The fourth-order valence-electron chi connectivity index (χ4n) is 2.95. The predicted octanol–water partition coefficient (Wildman–Crippen LogP) is 2.61. The van der Waals surface area contributed by atoms with Crippen LogP contribution in [0.1, 0.15) is 18.0 Å². The van der Waals surface area contributed by atoms with Gasteiger partial charge in [-0.2, -0.15) is 0 Å². The molecule has 1 aromatic heterocycles. The minimum absolute atomic E-state index is 0.0574. The molecule has 2 heterocycles. The van der Waals surface area contributed by atoms with Crippen LogP contribution in [0.4, 0.5) is 5.69 Å². The first-order valence-corrected chi connectivity index (χ1v) is 7.07. The summed E-state index contributed by atoms with van der Waals surface area (Å²) in [7, 11) is 0.